The van der Waals surface area contributed by atoms with Gasteiger partial charge in [0.2, 0.25) is 0 Å². The third kappa shape index (κ3) is 4.29. The fraction of sp³-hybridized carbons (Fsp3) is 0.348. The molecule has 1 amide bonds. The van der Waals surface area contributed by atoms with E-state index in [-0.39, 0.29) is 17.8 Å². The van der Waals surface area contributed by atoms with Crippen molar-refractivity contribution in [3.05, 3.63) is 53.8 Å². The number of rotatable bonds is 5. The number of thiocarbonyl (C=S) groups is 1. The molecule has 0 radical (unpaired) electrons. The average Bonchev–Trinajstić information content (AvgIpc) is 3.12. The van der Waals surface area contributed by atoms with E-state index in [4.69, 9.17) is 27.0 Å². The third-order valence-electron chi connectivity index (χ3n) is 6.09. The zero-order chi connectivity index (χ0) is 23.0. The van der Waals surface area contributed by atoms with Crippen molar-refractivity contribution < 1.29 is 18.7 Å². The summed E-state index contributed by atoms with van der Waals surface area (Å²) in [6, 6.07) is 13.8. The lowest BCUT2D eigenvalue weighted by Gasteiger charge is -2.56. The van der Waals surface area contributed by atoms with Gasteiger partial charge < -0.3 is 25.0 Å². The Labute approximate surface area is 195 Å². The van der Waals surface area contributed by atoms with Gasteiger partial charge in [0.05, 0.1) is 54.7 Å². The molecule has 0 aliphatic carbocycles. The van der Waals surface area contributed by atoms with Gasteiger partial charge in [0.25, 0.3) is 0 Å². The van der Waals surface area contributed by atoms with E-state index in [1.165, 1.54) is 11.0 Å². The van der Waals surface area contributed by atoms with Crippen molar-refractivity contribution in [2.75, 3.05) is 54.5 Å². The van der Waals surface area contributed by atoms with E-state index in [2.05, 4.69) is 16.7 Å². The predicted molar refractivity (Wildman–Crippen MR) is 125 cm³/mol. The molecule has 3 aliphatic heterocycles. The van der Waals surface area contributed by atoms with Gasteiger partial charge >= 0.3 is 6.09 Å². The molecule has 5 rings (SSSR count). The minimum Gasteiger partial charge on any atom is -0.442 e. The van der Waals surface area contributed by atoms with Gasteiger partial charge in [-0.2, -0.15) is 5.26 Å². The number of benzene rings is 2. The summed E-state index contributed by atoms with van der Waals surface area (Å²) in [5.41, 5.74) is 2.50. The van der Waals surface area contributed by atoms with Crippen molar-refractivity contribution in [3.8, 4) is 6.07 Å². The number of carbonyl (C=O) groups excluding carboxylic acids is 1. The second kappa shape index (κ2) is 8.50. The molecule has 170 valence electrons. The summed E-state index contributed by atoms with van der Waals surface area (Å²) in [5.74, 6) is -0.357. The lowest BCUT2D eigenvalue weighted by molar-refractivity contribution is -0.127. The minimum absolute atomic E-state index is 0.194. The minimum atomic E-state index is -0.519. The number of hydrogen-bond donors (Lipinski definition) is 2. The van der Waals surface area contributed by atoms with E-state index in [1.807, 2.05) is 4.90 Å². The van der Waals surface area contributed by atoms with Crippen molar-refractivity contribution in [1.82, 2.24) is 5.32 Å². The number of halogens is 1. The predicted octanol–water partition coefficient (Wildman–Crippen LogP) is 2.85. The number of nitriles is 1. The van der Waals surface area contributed by atoms with Gasteiger partial charge in [-0.1, -0.05) is 0 Å². The molecule has 2 aromatic rings. The number of ether oxygens (including phenoxy) is 2. The van der Waals surface area contributed by atoms with E-state index < -0.39 is 12.2 Å². The highest BCUT2D eigenvalue weighted by atomic mass is 32.1. The molecule has 0 bridgehead atoms. The third-order valence-corrected chi connectivity index (χ3v) is 6.34. The summed E-state index contributed by atoms with van der Waals surface area (Å²) >= 11 is 5.28. The van der Waals surface area contributed by atoms with E-state index >= 15 is 0 Å². The normalized spacial score (nSPS) is 20.5. The maximum Gasteiger partial charge on any atom is 0.414 e. The van der Waals surface area contributed by atoms with Crippen molar-refractivity contribution in [1.29, 1.82) is 5.26 Å². The smallest absolute Gasteiger partial charge is 0.414 e. The molecule has 3 fully saturated rings. The molecule has 2 N–H and O–H groups in total. The van der Waals surface area contributed by atoms with E-state index in [0.717, 1.165) is 32.0 Å². The van der Waals surface area contributed by atoms with Crippen molar-refractivity contribution in [3.63, 3.8) is 0 Å². The molecule has 0 saturated carbocycles. The summed E-state index contributed by atoms with van der Waals surface area (Å²) < 4.78 is 25.5. The molecular formula is C23H22FN5O3S. The molecule has 3 saturated heterocycles. The zero-order valence-electron chi connectivity index (χ0n) is 17.7. The van der Waals surface area contributed by atoms with Gasteiger partial charge in [-0.25, -0.2) is 9.18 Å². The van der Waals surface area contributed by atoms with Crippen molar-refractivity contribution in [2.45, 2.75) is 6.10 Å². The van der Waals surface area contributed by atoms with Gasteiger partial charge in [0, 0.05) is 18.8 Å². The van der Waals surface area contributed by atoms with Crippen LogP contribution in [-0.4, -0.2) is 56.7 Å². The quantitative estimate of drug-likeness (QED) is 0.649. The first-order chi connectivity index (χ1) is 15.9. The van der Waals surface area contributed by atoms with Crippen LogP contribution in [0.2, 0.25) is 0 Å². The highest BCUT2D eigenvalue weighted by Crippen LogP contribution is 2.41. The Morgan fingerprint density at radius 1 is 1.24 bits per heavy atom. The Morgan fingerprint density at radius 2 is 2.00 bits per heavy atom. The summed E-state index contributed by atoms with van der Waals surface area (Å²) in [7, 11) is 0. The van der Waals surface area contributed by atoms with Crippen LogP contribution >= 0.6 is 12.2 Å². The second-order valence-corrected chi connectivity index (χ2v) is 9.03. The van der Waals surface area contributed by atoms with Gasteiger partial charge in [0.1, 0.15) is 11.9 Å². The molecule has 3 aliphatic rings. The van der Waals surface area contributed by atoms with Crippen LogP contribution < -0.4 is 20.4 Å². The SMILES string of the molecule is N#Cc1ccc(NC(=S)NC[C@H]2CN(c3ccc(N4CC5(COC5)C4)c(F)c3)C(=O)O2)cc1. The standard InChI is InChI=1S/C23H22FN5O3S/c24-19-7-17(5-6-20(19)28-11-23(12-28)13-31-14-23)29-10-18(32-22(29)30)9-26-21(33)27-16-3-1-15(8-25)2-4-16/h1-7,18H,9-14H2,(H2,26,27,33)/t18-/m0/s1. The number of carbonyl (C=O) groups is 1. The first-order valence-corrected chi connectivity index (χ1v) is 11.0. The Balaban J connectivity index is 1.14. The fourth-order valence-corrected chi connectivity index (χ4v) is 4.48. The highest BCUT2D eigenvalue weighted by Gasteiger charge is 2.49. The molecule has 1 atom stereocenters. The summed E-state index contributed by atoms with van der Waals surface area (Å²) in [6.07, 6.45) is -0.954. The fourth-order valence-electron chi connectivity index (χ4n) is 4.28. The maximum absolute atomic E-state index is 14.8. The Hall–Kier alpha value is -3.42. The molecule has 8 nitrogen and oxygen atoms in total. The van der Waals surface area contributed by atoms with Crippen LogP contribution in [-0.2, 0) is 9.47 Å². The maximum atomic E-state index is 14.8. The molecule has 1 spiro atoms. The largest absolute Gasteiger partial charge is 0.442 e. The van der Waals surface area contributed by atoms with Gasteiger partial charge in [0.15, 0.2) is 5.11 Å². The summed E-state index contributed by atoms with van der Waals surface area (Å²) in [4.78, 5) is 15.8. The molecule has 0 unspecified atom stereocenters. The van der Waals surface area contributed by atoms with Crippen LogP contribution in [0.15, 0.2) is 42.5 Å². The molecular weight excluding hydrogens is 445 g/mol. The molecule has 2 aromatic carbocycles. The highest BCUT2D eigenvalue weighted by molar-refractivity contribution is 7.80. The first-order valence-electron chi connectivity index (χ1n) is 10.6. The van der Waals surface area contributed by atoms with Crippen molar-refractivity contribution >= 4 is 40.5 Å². The number of nitrogens with one attached hydrogen (secondary N) is 2. The Kier molecular flexibility index (Phi) is 5.52. The Bertz CT molecular complexity index is 1120. The van der Waals surface area contributed by atoms with Crippen LogP contribution in [0.1, 0.15) is 5.56 Å². The zero-order valence-corrected chi connectivity index (χ0v) is 18.5. The molecule has 0 aromatic heterocycles. The lowest BCUT2D eigenvalue weighted by atomic mass is 9.78. The van der Waals surface area contributed by atoms with Crippen molar-refractivity contribution in [2.24, 2.45) is 5.41 Å². The number of hydrogen-bond acceptors (Lipinski definition) is 6. The van der Waals surface area contributed by atoms with Crippen LogP contribution in [0.4, 0.5) is 26.2 Å². The molecule has 10 heteroatoms. The van der Waals surface area contributed by atoms with E-state index in [1.54, 1.807) is 36.4 Å². The van der Waals surface area contributed by atoms with E-state index in [9.17, 15) is 9.18 Å². The monoisotopic (exact) mass is 467 g/mol. The number of nitrogens with zero attached hydrogens (tertiary/aromatic N) is 3. The lowest BCUT2D eigenvalue weighted by Crippen LogP contribution is -2.66. The molecule has 3 heterocycles. The van der Waals surface area contributed by atoms with Gasteiger partial charge in [-0.3, -0.25) is 4.90 Å². The van der Waals surface area contributed by atoms with Crippen LogP contribution in [0.25, 0.3) is 0 Å². The van der Waals surface area contributed by atoms with Crippen LogP contribution in [0.3, 0.4) is 0 Å². The van der Waals surface area contributed by atoms with Gasteiger partial charge in [-0.15, -0.1) is 0 Å². The number of amides is 1. The average molecular weight is 468 g/mol. The van der Waals surface area contributed by atoms with Crippen LogP contribution in [0, 0.1) is 22.6 Å². The first kappa shape index (κ1) is 21.4. The topological polar surface area (TPSA) is 89.9 Å². The van der Waals surface area contributed by atoms with Gasteiger partial charge in [-0.05, 0) is 54.7 Å². The summed E-state index contributed by atoms with van der Waals surface area (Å²) in [5, 5.41) is 15.3. The summed E-state index contributed by atoms with van der Waals surface area (Å²) in [6.45, 7) is 3.66. The second-order valence-electron chi connectivity index (χ2n) is 8.63. The molecule has 33 heavy (non-hydrogen) atoms. The van der Waals surface area contributed by atoms with Crippen LogP contribution in [0.5, 0.6) is 0 Å². The number of anilines is 3. The Morgan fingerprint density at radius 3 is 2.64 bits per heavy atom. The number of cyclic esters (lactones) is 1. The van der Waals surface area contributed by atoms with E-state index in [0.29, 0.717) is 28.6 Å².